The molecule has 0 spiro atoms. The fourth-order valence-corrected chi connectivity index (χ4v) is 2.88. The molecule has 3 aromatic rings. The molecule has 0 fully saturated rings. The van der Waals surface area contributed by atoms with Crippen LogP contribution in [0, 0.1) is 11.3 Å². The molecular formula is C12H6BrN5S. The largest absolute Gasteiger partial charge is 0.341 e. The molecule has 0 amide bonds. The van der Waals surface area contributed by atoms with Crippen LogP contribution in [0.5, 0.6) is 0 Å². The Morgan fingerprint density at radius 1 is 1.26 bits per heavy atom. The number of fused-ring (bicyclic) bond motifs is 1. The Bertz CT molecular complexity index is 792. The average molecular weight is 332 g/mol. The van der Waals surface area contributed by atoms with Gasteiger partial charge in [-0.3, -0.25) is 0 Å². The second kappa shape index (κ2) is 4.99. The Labute approximate surface area is 121 Å². The molecule has 0 unspecified atom stereocenters. The second-order valence-corrected chi connectivity index (χ2v) is 5.58. The van der Waals surface area contributed by atoms with Crippen molar-refractivity contribution in [3.05, 3.63) is 40.9 Å². The lowest BCUT2D eigenvalue weighted by Crippen LogP contribution is -1.87. The summed E-state index contributed by atoms with van der Waals surface area (Å²) in [4.78, 5) is 16.2. The van der Waals surface area contributed by atoms with E-state index in [1.807, 2.05) is 12.1 Å². The Balaban J connectivity index is 2.06. The predicted octanol–water partition coefficient (Wildman–Crippen LogP) is 3.14. The monoisotopic (exact) mass is 331 g/mol. The number of aromatic nitrogens is 4. The van der Waals surface area contributed by atoms with E-state index in [1.54, 1.807) is 12.4 Å². The van der Waals surface area contributed by atoms with Gasteiger partial charge in [0.15, 0.2) is 5.65 Å². The van der Waals surface area contributed by atoms with Crippen molar-refractivity contribution < 1.29 is 0 Å². The maximum atomic E-state index is 9.16. The molecule has 2 heterocycles. The zero-order valence-corrected chi connectivity index (χ0v) is 11.9. The van der Waals surface area contributed by atoms with E-state index >= 15 is 0 Å². The van der Waals surface area contributed by atoms with Gasteiger partial charge in [0, 0.05) is 9.37 Å². The van der Waals surface area contributed by atoms with Gasteiger partial charge in [0.1, 0.15) is 22.9 Å². The van der Waals surface area contributed by atoms with E-state index < -0.39 is 0 Å². The first-order valence-electron chi connectivity index (χ1n) is 5.29. The van der Waals surface area contributed by atoms with Crippen molar-refractivity contribution in [1.82, 2.24) is 19.9 Å². The fourth-order valence-electron chi connectivity index (χ4n) is 1.60. The number of imidazole rings is 1. The van der Waals surface area contributed by atoms with E-state index in [0.717, 1.165) is 19.9 Å². The highest BCUT2D eigenvalue weighted by atomic mass is 79.9. The van der Waals surface area contributed by atoms with Gasteiger partial charge in [-0.1, -0.05) is 27.7 Å². The summed E-state index contributed by atoms with van der Waals surface area (Å²) < 4.78 is 0.878. The van der Waals surface area contributed by atoms with Crippen molar-refractivity contribution in [3.63, 3.8) is 0 Å². The Kier molecular flexibility index (Phi) is 3.19. The Hall–Kier alpha value is -1.91. The summed E-state index contributed by atoms with van der Waals surface area (Å²) >= 11 is 4.77. The molecule has 3 rings (SSSR count). The molecule has 7 heteroatoms. The second-order valence-electron chi connectivity index (χ2n) is 3.63. The maximum absolute atomic E-state index is 9.16. The van der Waals surface area contributed by atoms with Gasteiger partial charge in [0.05, 0.1) is 11.9 Å². The normalized spacial score (nSPS) is 10.5. The maximum Gasteiger partial charge on any atom is 0.181 e. The molecule has 2 aromatic heterocycles. The van der Waals surface area contributed by atoms with Crippen LogP contribution in [0.2, 0.25) is 0 Å². The van der Waals surface area contributed by atoms with Gasteiger partial charge in [-0.05, 0) is 18.2 Å². The molecule has 0 atom stereocenters. The van der Waals surface area contributed by atoms with Crippen molar-refractivity contribution in [2.24, 2.45) is 0 Å². The van der Waals surface area contributed by atoms with Crippen molar-refractivity contribution in [2.45, 2.75) is 9.92 Å². The van der Waals surface area contributed by atoms with Gasteiger partial charge < -0.3 is 4.98 Å². The van der Waals surface area contributed by atoms with E-state index in [9.17, 15) is 0 Å². The molecule has 1 aromatic carbocycles. The van der Waals surface area contributed by atoms with Crippen LogP contribution in [0.3, 0.4) is 0 Å². The molecule has 1 N–H and O–H groups in total. The fraction of sp³-hybridized carbons (Fsp3) is 0. The first-order valence-corrected chi connectivity index (χ1v) is 6.90. The number of aromatic amines is 1. The topological polar surface area (TPSA) is 78.2 Å². The number of nitrogens with zero attached hydrogens (tertiary/aromatic N) is 4. The Morgan fingerprint density at radius 2 is 2.16 bits per heavy atom. The predicted molar refractivity (Wildman–Crippen MR) is 74.7 cm³/mol. The highest BCUT2D eigenvalue weighted by Crippen LogP contribution is 2.33. The molecule has 5 nitrogen and oxygen atoms in total. The summed E-state index contributed by atoms with van der Waals surface area (Å²) in [6.07, 6.45) is 3.05. The Morgan fingerprint density at radius 3 is 3.00 bits per heavy atom. The zero-order chi connectivity index (χ0) is 13.2. The average Bonchev–Trinajstić information content (AvgIpc) is 2.90. The summed E-state index contributed by atoms with van der Waals surface area (Å²) in [7, 11) is 0. The highest BCUT2D eigenvalue weighted by Gasteiger charge is 2.10. The summed E-state index contributed by atoms with van der Waals surface area (Å²) in [5.41, 5.74) is 2.00. The van der Waals surface area contributed by atoms with Gasteiger partial charge in [-0.25, -0.2) is 15.0 Å². The standard InChI is InChI=1S/C12H6BrN5S/c13-8-1-2-9(7(3-8)4-14)19-12-10-11(16-5-15-10)17-6-18-12/h1-3,5-6H,(H,15,16,17,18). The molecule has 0 saturated heterocycles. The number of halogens is 1. The summed E-state index contributed by atoms with van der Waals surface area (Å²) in [5, 5.41) is 9.91. The van der Waals surface area contributed by atoms with E-state index in [2.05, 4.69) is 41.9 Å². The smallest absolute Gasteiger partial charge is 0.181 e. The van der Waals surface area contributed by atoms with Gasteiger partial charge in [-0.15, -0.1) is 0 Å². The van der Waals surface area contributed by atoms with Gasteiger partial charge in [-0.2, -0.15) is 5.26 Å². The molecule has 0 saturated carbocycles. The minimum absolute atomic E-state index is 0.602. The number of benzene rings is 1. The molecule has 92 valence electrons. The number of hydrogen-bond acceptors (Lipinski definition) is 5. The zero-order valence-electron chi connectivity index (χ0n) is 9.46. The third kappa shape index (κ3) is 2.32. The van der Waals surface area contributed by atoms with E-state index in [4.69, 9.17) is 5.26 Å². The minimum Gasteiger partial charge on any atom is -0.341 e. The number of nitriles is 1. The number of hydrogen-bond donors (Lipinski definition) is 1. The van der Waals surface area contributed by atoms with Crippen LogP contribution in [-0.4, -0.2) is 19.9 Å². The van der Waals surface area contributed by atoms with Crippen LogP contribution in [0.25, 0.3) is 11.2 Å². The SMILES string of the molecule is N#Cc1cc(Br)ccc1Sc1ncnc2nc[nH]c12. The quantitative estimate of drug-likeness (QED) is 0.730. The molecule has 0 aliphatic carbocycles. The summed E-state index contributed by atoms with van der Waals surface area (Å²) in [6.45, 7) is 0. The highest BCUT2D eigenvalue weighted by molar-refractivity contribution is 9.10. The molecule has 0 aliphatic heterocycles. The van der Waals surface area contributed by atoms with Gasteiger partial charge in [0.2, 0.25) is 0 Å². The van der Waals surface area contributed by atoms with Gasteiger partial charge in [0.25, 0.3) is 0 Å². The lowest BCUT2D eigenvalue weighted by atomic mass is 10.2. The first-order chi connectivity index (χ1) is 9.28. The van der Waals surface area contributed by atoms with Gasteiger partial charge >= 0.3 is 0 Å². The van der Waals surface area contributed by atoms with Crippen LogP contribution < -0.4 is 0 Å². The van der Waals surface area contributed by atoms with E-state index in [0.29, 0.717) is 11.2 Å². The number of rotatable bonds is 2. The van der Waals surface area contributed by atoms with Crippen molar-refractivity contribution >= 4 is 38.9 Å². The lowest BCUT2D eigenvalue weighted by molar-refractivity contribution is 1.08. The molecular weight excluding hydrogens is 326 g/mol. The van der Waals surface area contributed by atoms with Crippen molar-refractivity contribution in [2.75, 3.05) is 0 Å². The molecule has 0 aliphatic rings. The van der Waals surface area contributed by atoms with E-state index in [1.165, 1.54) is 18.1 Å². The van der Waals surface area contributed by atoms with Crippen LogP contribution in [-0.2, 0) is 0 Å². The summed E-state index contributed by atoms with van der Waals surface area (Å²) in [6, 6.07) is 7.75. The van der Waals surface area contributed by atoms with Crippen LogP contribution in [0.4, 0.5) is 0 Å². The van der Waals surface area contributed by atoms with Crippen LogP contribution in [0.15, 0.2) is 45.2 Å². The molecule has 19 heavy (non-hydrogen) atoms. The van der Waals surface area contributed by atoms with Crippen molar-refractivity contribution in [3.8, 4) is 6.07 Å². The first kappa shape index (κ1) is 12.1. The molecule has 0 radical (unpaired) electrons. The number of nitrogens with one attached hydrogen (secondary N) is 1. The van der Waals surface area contributed by atoms with Crippen LogP contribution >= 0.6 is 27.7 Å². The minimum atomic E-state index is 0.602. The molecule has 0 bridgehead atoms. The van der Waals surface area contributed by atoms with Crippen molar-refractivity contribution in [1.29, 1.82) is 5.26 Å². The third-order valence-corrected chi connectivity index (χ3v) is 4.03. The van der Waals surface area contributed by atoms with E-state index in [-0.39, 0.29) is 0 Å². The third-order valence-electron chi connectivity index (χ3n) is 2.46. The number of H-pyrrole nitrogens is 1. The lowest BCUT2D eigenvalue weighted by Gasteiger charge is -2.04. The summed E-state index contributed by atoms with van der Waals surface area (Å²) in [5.74, 6) is 0. The van der Waals surface area contributed by atoms with Crippen LogP contribution in [0.1, 0.15) is 5.56 Å².